The van der Waals surface area contributed by atoms with Crippen LogP contribution in [-0.4, -0.2) is 21.0 Å². The number of aryl methyl sites for hydroxylation is 1. The van der Waals surface area contributed by atoms with E-state index in [1.165, 1.54) is 18.2 Å². The number of nitrogens with zero attached hydrogens (tertiary/aromatic N) is 2. The molecule has 114 valence electrons. The van der Waals surface area contributed by atoms with Gasteiger partial charge >= 0.3 is 5.97 Å². The molecule has 0 unspecified atom stereocenters. The number of benzene rings is 1. The van der Waals surface area contributed by atoms with Crippen LogP contribution in [0, 0.1) is 35.5 Å². The molecule has 0 aliphatic rings. The number of nitriles is 2. The van der Waals surface area contributed by atoms with Crippen molar-refractivity contribution in [3.8, 4) is 12.1 Å². The van der Waals surface area contributed by atoms with E-state index in [4.69, 9.17) is 10.5 Å². The summed E-state index contributed by atoms with van der Waals surface area (Å²) in [5.41, 5.74) is 0.864. The average molecular weight is 318 g/mol. The smallest absolute Gasteiger partial charge is 0.327 e. The first kappa shape index (κ1) is 17.4. The van der Waals surface area contributed by atoms with Gasteiger partial charge in [-0.1, -0.05) is 17.7 Å². The molecule has 1 aromatic carbocycles. The zero-order valence-corrected chi connectivity index (χ0v) is 12.9. The predicted molar refractivity (Wildman–Crippen MR) is 77.8 cm³/mol. The molecule has 7 heteroatoms. The van der Waals surface area contributed by atoms with Gasteiger partial charge in [-0.15, -0.1) is 0 Å². The molecule has 0 fully saturated rings. The van der Waals surface area contributed by atoms with Crippen LogP contribution < -0.4 is 0 Å². The normalized spacial score (nSPS) is 12.8. The van der Waals surface area contributed by atoms with E-state index < -0.39 is 26.6 Å². The minimum Gasteiger partial charge on any atom is -0.465 e. The maximum atomic E-state index is 12.4. The van der Waals surface area contributed by atoms with Crippen molar-refractivity contribution in [3.63, 3.8) is 0 Å². The zero-order chi connectivity index (χ0) is 16.8. The third-order valence-electron chi connectivity index (χ3n) is 2.73. The predicted octanol–water partition coefficient (Wildman–Crippen LogP) is 1.88. The Morgan fingerprint density at radius 1 is 1.32 bits per heavy atom. The van der Waals surface area contributed by atoms with Crippen molar-refractivity contribution in [1.82, 2.24) is 0 Å². The van der Waals surface area contributed by atoms with E-state index in [-0.39, 0.29) is 11.5 Å². The first-order valence-electron chi connectivity index (χ1n) is 6.36. The largest absolute Gasteiger partial charge is 0.465 e. The lowest BCUT2D eigenvalue weighted by molar-refractivity contribution is -0.144. The van der Waals surface area contributed by atoms with Crippen molar-refractivity contribution >= 4 is 15.8 Å². The van der Waals surface area contributed by atoms with Gasteiger partial charge in [0.25, 0.3) is 0 Å². The Kier molecular flexibility index (Phi) is 5.85. The van der Waals surface area contributed by atoms with Gasteiger partial charge in [0.05, 0.1) is 17.6 Å². The third kappa shape index (κ3) is 3.94. The second kappa shape index (κ2) is 7.39. The van der Waals surface area contributed by atoms with Gasteiger partial charge in [-0.2, -0.15) is 10.5 Å². The van der Waals surface area contributed by atoms with Crippen molar-refractivity contribution in [2.45, 2.75) is 18.7 Å². The van der Waals surface area contributed by atoms with Crippen LogP contribution in [0.1, 0.15) is 12.5 Å². The standard InChI is InChI=1S/C15H14N2O4S/c1-3-21-15(18)12(9-16)8-14(10-17)22(19,20)13-6-4-11(2)5-7-13/h4-8,12H,3H2,1-2H3/b14-8+/t12-/m0/s1. The van der Waals surface area contributed by atoms with Crippen LogP contribution in [0.3, 0.4) is 0 Å². The van der Waals surface area contributed by atoms with Gasteiger partial charge in [-0.05, 0) is 32.1 Å². The summed E-state index contributed by atoms with van der Waals surface area (Å²) in [6.45, 7) is 3.41. The Bertz CT molecular complexity index is 765. The van der Waals surface area contributed by atoms with Crippen molar-refractivity contribution in [3.05, 3.63) is 40.8 Å². The molecule has 22 heavy (non-hydrogen) atoms. The fraction of sp³-hybridized carbons (Fsp3) is 0.267. The number of hydrogen-bond donors (Lipinski definition) is 0. The molecule has 0 saturated carbocycles. The highest BCUT2D eigenvalue weighted by atomic mass is 32.2. The minimum absolute atomic E-state index is 0.0530. The SMILES string of the molecule is CCOC(=O)[C@H](C#N)/C=C(\C#N)S(=O)(=O)c1ccc(C)cc1. The van der Waals surface area contributed by atoms with Crippen molar-refractivity contribution in [2.24, 2.45) is 5.92 Å². The number of carbonyl (C=O) groups excluding carboxylic acids is 1. The Morgan fingerprint density at radius 3 is 2.36 bits per heavy atom. The number of allylic oxidation sites excluding steroid dienone is 1. The maximum absolute atomic E-state index is 12.4. The molecule has 1 aromatic rings. The summed E-state index contributed by atoms with van der Waals surface area (Å²) in [4.78, 5) is 10.8. The van der Waals surface area contributed by atoms with E-state index in [9.17, 15) is 13.2 Å². The summed E-state index contributed by atoms with van der Waals surface area (Å²) in [7, 11) is -4.08. The molecule has 0 N–H and O–H groups in total. The summed E-state index contributed by atoms with van der Waals surface area (Å²) in [5.74, 6) is -2.34. The molecule has 0 aliphatic heterocycles. The molecule has 0 radical (unpaired) electrons. The summed E-state index contributed by atoms with van der Waals surface area (Å²) >= 11 is 0. The second-order valence-corrected chi connectivity index (χ2v) is 6.24. The molecule has 6 nitrogen and oxygen atoms in total. The van der Waals surface area contributed by atoms with E-state index in [1.54, 1.807) is 32.0 Å². The first-order valence-corrected chi connectivity index (χ1v) is 7.85. The molecule has 0 saturated heterocycles. The molecule has 0 aliphatic carbocycles. The van der Waals surface area contributed by atoms with Gasteiger partial charge in [0.15, 0.2) is 5.92 Å². The van der Waals surface area contributed by atoms with E-state index >= 15 is 0 Å². The van der Waals surface area contributed by atoms with Crippen molar-refractivity contribution in [1.29, 1.82) is 10.5 Å². The molecule has 1 rings (SSSR count). The third-order valence-corrected chi connectivity index (χ3v) is 4.43. The second-order valence-electron chi connectivity index (χ2n) is 4.32. The van der Waals surface area contributed by atoms with Crippen molar-refractivity contribution < 1.29 is 17.9 Å². The lowest BCUT2D eigenvalue weighted by atomic mass is 10.1. The Balaban J connectivity index is 3.27. The number of sulfone groups is 1. The summed E-state index contributed by atoms with van der Waals surface area (Å²) in [6.07, 6.45) is 0.813. The van der Waals surface area contributed by atoms with Gasteiger partial charge in [0.1, 0.15) is 11.0 Å². The zero-order valence-electron chi connectivity index (χ0n) is 12.1. The van der Waals surface area contributed by atoms with Gasteiger partial charge in [-0.3, -0.25) is 4.79 Å². The van der Waals surface area contributed by atoms with Gasteiger partial charge in [-0.25, -0.2) is 8.42 Å². The van der Waals surface area contributed by atoms with Crippen LogP contribution in [-0.2, 0) is 19.4 Å². The molecule has 0 amide bonds. The highest BCUT2D eigenvalue weighted by Crippen LogP contribution is 2.21. The monoisotopic (exact) mass is 318 g/mol. The highest BCUT2D eigenvalue weighted by molar-refractivity contribution is 7.95. The van der Waals surface area contributed by atoms with Crippen LogP contribution in [0.25, 0.3) is 0 Å². The summed E-state index contributed by atoms with van der Waals surface area (Å²) in [5, 5.41) is 18.0. The highest BCUT2D eigenvalue weighted by Gasteiger charge is 2.25. The van der Waals surface area contributed by atoms with Crippen LogP contribution in [0.5, 0.6) is 0 Å². The Morgan fingerprint density at radius 2 is 1.91 bits per heavy atom. The maximum Gasteiger partial charge on any atom is 0.327 e. The fourth-order valence-corrected chi connectivity index (χ4v) is 2.76. The van der Waals surface area contributed by atoms with E-state index in [0.717, 1.165) is 11.6 Å². The molecule has 0 spiro atoms. The number of esters is 1. The molecule has 0 aromatic heterocycles. The first-order chi connectivity index (χ1) is 10.4. The summed E-state index contributed by atoms with van der Waals surface area (Å²) < 4.78 is 29.4. The van der Waals surface area contributed by atoms with Gasteiger partial charge in [0.2, 0.25) is 9.84 Å². The topological polar surface area (TPSA) is 108 Å². The molecule has 0 bridgehead atoms. The molecule has 0 heterocycles. The van der Waals surface area contributed by atoms with Crippen LogP contribution in [0.4, 0.5) is 0 Å². The van der Waals surface area contributed by atoms with Crippen LogP contribution in [0.2, 0.25) is 0 Å². The van der Waals surface area contributed by atoms with Crippen LogP contribution in [0.15, 0.2) is 40.1 Å². The van der Waals surface area contributed by atoms with E-state index in [1.807, 2.05) is 0 Å². The molecular weight excluding hydrogens is 304 g/mol. The Labute approximate surface area is 129 Å². The van der Waals surface area contributed by atoms with Gasteiger partial charge < -0.3 is 4.74 Å². The van der Waals surface area contributed by atoms with Crippen LogP contribution >= 0.6 is 0 Å². The number of rotatable bonds is 5. The minimum atomic E-state index is -4.08. The van der Waals surface area contributed by atoms with E-state index in [0.29, 0.717) is 0 Å². The van der Waals surface area contributed by atoms with Gasteiger partial charge in [0, 0.05) is 0 Å². The molecule has 1 atom stereocenters. The van der Waals surface area contributed by atoms with Crippen molar-refractivity contribution in [2.75, 3.05) is 6.61 Å². The quantitative estimate of drug-likeness (QED) is 0.606. The lowest BCUT2D eigenvalue weighted by Gasteiger charge is -2.06. The number of ether oxygens (including phenoxy) is 1. The Hall–Kier alpha value is -2.64. The average Bonchev–Trinajstić information content (AvgIpc) is 2.48. The summed E-state index contributed by atoms with van der Waals surface area (Å²) in [6, 6.07) is 9.06. The number of hydrogen-bond acceptors (Lipinski definition) is 6. The van der Waals surface area contributed by atoms with E-state index in [2.05, 4.69) is 4.74 Å². The lowest BCUT2D eigenvalue weighted by Crippen LogP contribution is -2.16. The fourth-order valence-electron chi connectivity index (χ4n) is 1.57. The number of carbonyl (C=O) groups is 1. The molecular formula is C15H14N2O4S.